The largest absolute Gasteiger partial charge is 0.384 e. The Morgan fingerprint density at radius 2 is 2.07 bits per heavy atom. The molecule has 7 nitrogen and oxygen atoms in total. The molecule has 0 aliphatic heterocycles. The Hall–Kier alpha value is -2.45. The average molecular weight is 409 g/mol. The number of hydrogen-bond acceptors (Lipinski definition) is 6. The third-order valence-electron chi connectivity index (χ3n) is 3.93. The first kappa shape index (κ1) is 19.3. The van der Waals surface area contributed by atoms with Gasteiger partial charge in [0.15, 0.2) is 5.95 Å². The highest BCUT2D eigenvalue weighted by Crippen LogP contribution is 2.27. The number of halogens is 1. The third-order valence-corrected chi connectivity index (χ3v) is 5.45. The van der Waals surface area contributed by atoms with Crippen LogP contribution in [0.3, 0.4) is 0 Å². The number of hydrogen-bond donors (Lipinski definition) is 3. The second-order valence-electron chi connectivity index (χ2n) is 6.18. The van der Waals surface area contributed by atoms with Gasteiger partial charge in [-0.1, -0.05) is 12.1 Å². The molecule has 2 aromatic carbocycles. The fraction of sp³-hybridized carbons (Fsp3) is 0.278. The van der Waals surface area contributed by atoms with Crippen molar-refractivity contribution in [3.8, 4) is 5.75 Å². The van der Waals surface area contributed by atoms with Gasteiger partial charge in [0, 0.05) is 18.0 Å². The van der Waals surface area contributed by atoms with Crippen LogP contribution >= 0.6 is 11.6 Å². The van der Waals surface area contributed by atoms with Crippen LogP contribution in [0.15, 0.2) is 47.4 Å². The van der Waals surface area contributed by atoms with Crippen LogP contribution in [-0.2, 0) is 10.1 Å². The Kier molecular flexibility index (Phi) is 5.76. The van der Waals surface area contributed by atoms with Gasteiger partial charge in [0.1, 0.15) is 10.6 Å². The van der Waals surface area contributed by atoms with Gasteiger partial charge < -0.3 is 20.2 Å². The van der Waals surface area contributed by atoms with E-state index in [-0.39, 0.29) is 22.0 Å². The van der Waals surface area contributed by atoms with Crippen molar-refractivity contribution in [3.05, 3.63) is 42.5 Å². The number of nitrogen functional groups attached to an aromatic ring is 1. The van der Waals surface area contributed by atoms with Gasteiger partial charge in [0.2, 0.25) is 0 Å². The molecule has 0 aliphatic rings. The molecule has 0 saturated heterocycles. The van der Waals surface area contributed by atoms with E-state index in [1.807, 2.05) is 6.92 Å². The average Bonchev–Trinajstić information content (AvgIpc) is 2.98. The fourth-order valence-electron chi connectivity index (χ4n) is 2.67. The van der Waals surface area contributed by atoms with Gasteiger partial charge in [0.05, 0.1) is 16.7 Å². The molecule has 0 amide bonds. The van der Waals surface area contributed by atoms with Gasteiger partial charge in [0.25, 0.3) is 0 Å². The molecule has 1 unspecified atom stereocenters. The summed E-state index contributed by atoms with van der Waals surface area (Å²) in [4.78, 5) is 7.00. The molecular formula is C18H21ClN4O3S. The number of nitrogens with one attached hydrogen (secondary N) is 2. The predicted octanol–water partition coefficient (Wildman–Crippen LogP) is 3.73. The summed E-state index contributed by atoms with van der Waals surface area (Å²) in [6.07, 6.45) is 1.67. The van der Waals surface area contributed by atoms with Gasteiger partial charge >= 0.3 is 10.1 Å². The lowest BCUT2D eigenvalue weighted by Gasteiger charge is -2.13. The SMILES string of the molecule is CC(Cl)CCCNc1ccccc1S(=O)(=O)Oc1ccc2nc(N)[nH]c2c1. The molecule has 0 aliphatic carbocycles. The van der Waals surface area contributed by atoms with E-state index < -0.39 is 10.1 Å². The minimum Gasteiger partial charge on any atom is -0.384 e. The molecule has 1 aromatic heterocycles. The van der Waals surface area contributed by atoms with Crippen LogP contribution in [0.1, 0.15) is 19.8 Å². The number of nitrogens with two attached hydrogens (primary N) is 1. The highest BCUT2D eigenvalue weighted by molar-refractivity contribution is 7.87. The second-order valence-corrected chi connectivity index (χ2v) is 8.44. The number of alkyl halides is 1. The number of H-pyrrole nitrogens is 1. The van der Waals surface area contributed by atoms with E-state index in [4.69, 9.17) is 21.5 Å². The Labute approximate surface area is 163 Å². The van der Waals surface area contributed by atoms with Crippen LogP contribution in [0.2, 0.25) is 0 Å². The van der Waals surface area contributed by atoms with Crippen LogP contribution in [-0.4, -0.2) is 30.3 Å². The Balaban J connectivity index is 1.79. The summed E-state index contributed by atoms with van der Waals surface area (Å²) >= 11 is 5.94. The molecule has 3 rings (SSSR count). The first-order valence-electron chi connectivity index (χ1n) is 8.52. The van der Waals surface area contributed by atoms with Crippen molar-refractivity contribution in [2.45, 2.75) is 30.0 Å². The van der Waals surface area contributed by atoms with E-state index in [1.165, 1.54) is 12.1 Å². The Morgan fingerprint density at radius 3 is 2.85 bits per heavy atom. The van der Waals surface area contributed by atoms with E-state index >= 15 is 0 Å². The number of para-hydroxylation sites is 1. The second kappa shape index (κ2) is 8.06. The van der Waals surface area contributed by atoms with Crippen LogP contribution in [0.25, 0.3) is 11.0 Å². The van der Waals surface area contributed by atoms with Gasteiger partial charge in [-0.15, -0.1) is 11.6 Å². The van der Waals surface area contributed by atoms with Crippen molar-refractivity contribution in [1.29, 1.82) is 0 Å². The highest BCUT2D eigenvalue weighted by Gasteiger charge is 2.21. The predicted molar refractivity (Wildman–Crippen MR) is 108 cm³/mol. The molecule has 0 spiro atoms. The summed E-state index contributed by atoms with van der Waals surface area (Å²) in [5, 5.41) is 3.23. The quantitative estimate of drug-likeness (QED) is 0.297. The van der Waals surface area contributed by atoms with Crippen LogP contribution < -0.4 is 15.2 Å². The Bertz CT molecular complexity index is 1030. The number of benzene rings is 2. The molecule has 0 bridgehead atoms. The van der Waals surface area contributed by atoms with E-state index in [1.54, 1.807) is 30.3 Å². The summed E-state index contributed by atoms with van der Waals surface area (Å²) in [5.74, 6) is 0.433. The van der Waals surface area contributed by atoms with Gasteiger partial charge in [-0.2, -0.15) is 8.42 Å². The van der Waals surface area contributed by atoms with Crippen molar-refractivity contribution in [2.24, 2.45) is 0 Å². The van der Waals surface area contributed by atoms with Gasteiger partial charge in [-0.3, -0.25) is 0 Å². The van der Waals surface area contributed by atoms with Crippen molar-refractivity contribution >= 4 is 44.4 Å². The lowest BCUT2D eigenvalue weighted by atomic mass is 10.2. The Morgan fingerprint density at radius 1 is 1.30 bits per heavy atom. The van der Waals surface area contributed by atoms with Crippen molar-refractivity contribution < 1.29 is 12.6 Å². The highest BCUT2D eigenvalue weighted by atomic mass is 35.5. The molecule has 0 fully saturated rings. The zero-order valence-corrected chi connectivity index (χ0v) is 16.3. The van der Waals surface area contributed by atoms with E-state index in [0.717, 1.165) is 12.8 Å². The van der Waals surface area contributed by atoms with Gasteiger partial charge in [-0.25, -0.2) is 4.98 Å². The normalized spacial score (nSPS) is 12.8. The van der Waals surface area contributed by atoms with Crippen LogP contribution in [0.4, 0.5) is 11.6 Å². The smallest absolute Gasteiger partial charge is 0.341 e. The molecule has 144 valence electrons. The summed E-state index contributed by atoms with van der Waals surface area (Å²) in [6, 6.07) is 11.4. The lowest BCUT2D eigenvalue weighted by molar-refractivity contribution is 0.486. The van der Waals surface area contributed by atoms with Gasteiger partial charge in [-0.05, 0) is 44.0 Å². The number of aromatic nitrogens is 2. The summed E-state index contributed by atoms with van der Waals surface area (Å²) < 4.78 is 30.9. The number of anilines is 2. The number of nitrogens with zero attached hydrogens (tertiary/aromatic N) is 1. The molecule has 27 heavy (non-hydrogen) atoms. The van der Waals surface area contributed by atoms with E-state index in [0.29, 0.717) is 23.3 Å². The van der Waals surface area contributed by atoms with E-state index in [9.17, 15) is 8.42 Å². The minimum absolute atomic E-state index is 0.0770. The molecule has 9 heteroatoms. The summed E-state index contributed by atoms with van der Waals surface area (Å²) in [7, 11) is -4.01. The van der Waals surface area contributed by atoms with Crippen LogP contribution in [0.5, 0.6) is 5.75 Å². The molecule has 3 aromatic rings. The monoisotopic (exact) mass is 408 g/mol. The minimum atomic E-state index is -4.01. The zero-order chi connectivity index (χ0) is 19.4. The number of aromatic amines is 1. The van der Waals surface area contributed by atoms with Crippen molar-refractivity contribution in [2.75, 3.05) is 17.6 Å². The third kappa shape index (κ3) is 4.84. The number of imidazole rings is 1. The molecule has 1 heterocycles. The summed E-state index contributed by atoms with van der Waals surface area (Å²) in [6.45, 7) is 2.54. The molecule has 0 saturated carbocycles. The number of fused-ring (bicyclic) bond motifs is 1. The standard InChI is InChI=1S/C18H21ClN4O3S/c1-12(19)5-4-10-21-15-6-2-3-7-17(15)27(24,25)26-13-8-9-14-16(11-13)23-18(20)22-14/h2-3,6-9,11-12,21H,4-5,10H2,1H3,(H3,20,22,23). The van der Waals surface area contributed by atoms with Crippen LogP contribution in [0, 0.1) is 0 Å². The maximum Gasteiger partial charge on any atom is 0.341 e. The zero-order valence-electron chi connectivity index (χ0n) is 14.8. The maximum atomic E-state index is 12.8. The van der Waals surface area contributed by atoms with E-state index in [2.05, 4.69) is 15.3 Å². The summed E-state index contributed by atoms with van der Waals surface area (Å²) in [5.41, 5.74) is 7.34. The fourth-order valence-corrected chi connectivity index (χ4v) is 3.92. The molecular weight excluding hydrogens is 388 g/mol. The van der Waals surface area contributed by atoms with Crippen molar-refractivity contribution in [1.82, 2.24) is 9.97 Å². The number of rotatable bonds is 8. The molecule has 1 atom stereocenters. The molecule has 0 radical (unpaired) electrons. The first-order valence-corrected chi connectivity index (χ1v) is 10.4. The van der Waals surface area contributed by atoms with Crippen molar-refractivity contribution in [3.63, 3.8) is 0 Å². The topological polar surface area (TPSA) is 110 Å². The maximum absolute atomic E-state index is 12.8. The lowest BCUT2D eigenvalue weighted by Crippen LogP contribution is -2.13. The first-order chi connectivity index (χ1) is 12.8. The molecule has 4 N–H and O–H groups in total.